The van der Waals surface area contributed by atoms with Crippen LogP contribution in [0.2, 0.25) is 0 Å². The van der Waals surface area contributed by atoms with Gasteiger partial charge in [-0.15, -0.1) is 17.8 Å². The van der Waals surface area contributed by atoms with Crippen LogP contribution in [0.15, 0.2) is 5.38 Å². The second-order valence-corrected chi connectivity index (χ2v) is 2.74. The second-order valence-electron chi connectivity index (χ2n) is 2.07. The van der Waals surface area contributed by atoms with Crippen LogP contribution in [0.3, 0.4) is 0 Å². The van der Waals surface area contributed by atoms with Crippen molar-refractivity contribution in [2.24, 2.45) is 0 Å². The molecule has 0 saturated carbocycles. The van der Waals surface area contributed by atoms with Crippen molar-refractivity contribution >= 4 is 11.3 Å². The summed E-state index contributed by atoms with van der Waals surface area (Å²) >= 11 is 0.805. The normalized spacial score (nSPS) is 10.9. The maximum Gasteiger partial charge on any atom is 0.421 e. The molecular formula is C8H4F3OS. The van der Waals surface area contributed by atoms with Crippen LogP contribution in [0.4, 0.5) is 13.2 Å². The molecule has 1 radical (unpaired) electrons. The first-order valence-electron chi connectivity index (χ1n) is 3.18. The zero-order valence-electron chi connectivity index (χ0n) is 6.31. The van der Waals surface area contributed by atoms with Gasteiger partial charge in [0.15, 0.2) is 0 Å². The summed E-state index contributed by atoms with van der Waals surface area (Å²) in [5, 5.41) is 3.30. The fourth-order valence-electron chi connectivity index (χ4n) is 0.674. The monoisotopic (exact) mass is 205 g/mol. The first-order chi connectivity index (χ1) is 6.05. The highest BCUT2D eigenvalue weighted by molar-refractivity contribution is 7.07. The minimum absolute atomic E-state index is 0.173. The molecule has 0 fully saturated rings. The van der Waals surface area contributed by atoms with Crippen LogP contribution in [-0.4, -0.2) is 6.61 Å². The van der Waals surface area contributed by atoms with E-state index in [1.165, 1.54) is 5.38 Å². The van der Waals surface area contributed by atoms with E-state index < -0.39 is 11.7 Å². The van der Waals surface area contributed by atoms with Crippen LogP contribution in [-0.2, 0) is 6.18 Å². The van der Waals surface area contributed by atoms with E-state index in [0.717, 1.165) is 11.3 Å². The minimum atomic E-state index is -4.43. The molecule has 0 atom stereocenters. The van der Waals surface area contributed by atoms with E-state index in [0.29, 0.717) is 0 Å². The van der Waals surface area contributed by atoms with Crippen molar-refractivity contribution in [1.29, 1.82) is 0 Å². The van der Waals surface area contributed by atoms with Gasteiger partial charge < -0.3 is 4.74 Å². The van der Waals surface area contributed by atoms with Crippen LogP contribution in [0.25, 0.3) is 0 Å². The number of thiophene rings is 1. The lowest BCUT2D eigenvalue weighted by Gasteiger charge is -2.06. The second kappa shape index (κ2) is 3.71. The van der Waals surface area contributed by atoms with Crippen molar-refractivity contribution in [1.82, 2.24) is 0 Å². The maximum absolute atomic E-state index is 12.2. The molecule has 0 aromatic carbocycles. The Hall–Kier alpha value is -1.15. The third-order valence-corrected chi connectivity index (χ3v) is 1.82. The molecule has 0 aliphatic carbocycles. The van der Waals surface area contributed by atoms with Crippen LogP contribution in [0, 0.1) is 17.7 Å². The number of hydrogen-bond donors (Lipinski definition) is 0. The summed E-state index contributed by atoms with van der Waals surface area (Å²) in [6, 6.07) is 0. The average Bonchev–Trinajstić information content (AvgIpc) is 2.47. The van der Waals surface area contributed by atoms with Crippen molar-refractivity contribution in [3.8, 4) is 18.1 Å². The number of ether oxygens (including phenoxy) is 1. The molecule has 0 aliphatic heterocycles. The van der Waals surface area contributed by atoms with Gasteiger partial charge in [-0.2, -0.15) is 13.2 Å². The quantitative estimate of drug-likeness (QED) is 0.674. The third-order valence-electron chi connectivity index (χ3n) is 1.17. The Morgan fingerprint density at radius 3 is 2.85 bits per heavy atom. The van der Waals surface area contributed by atoms with Crippen LogP contribution < -0.4 is 4.74 Å². The van der Waals surface area contributed by atoms with E-state index in [1.54, 1.807) is 0 Å². The Morgan fingerprint density at radius 2 is 2.31 bits per heavy atom. The fraction of sp³-hybridized carbons (Fsp3) is 0.250. The van der Waals surface area contributed by atoms with E-state index in [-0.39, 0.29) is 12.4 Å². The molecule has 1 aromatic rings. The number of hydrogen-bond acceptors (Lipinski definition) is 2. The van der Waals surface area contributed by atoms with Gasteiger partial charge in [0.2, 0.25) is 0 Å². The van der Waals surface area contributed by atoms with Gasteiger partial charge in [0.1, 0.15) is 17.9 Å². The fourth-order valence-corrected chi connectivity index (χ4v) is 1.36. The Bertz CT molecular complexity index is 321. The molecular weight excluding hydrogens is 201 g/mol. The van der Waals surface area contributed by atoms with Gasteiger partial charge in [-0.3, -0.25) is 0 Å². The largest absolute Gasteiger partial charge is 0.479 e. The smallest absolute Gasteiger partial charge is 0.421 e. The van der Waals surface area contributed by atoms with Crippen molar-refractivity contribution in [2.75, 3.05) is 6.61 Å². The molecule has 13 heavy (non-hydrogen) atoms. The molecule has 0 N–H and O–H groups in total. The lowest BCUT2D eigenvalue weighted by Crippen LogP contribution is -2.06. The maximum atomic E-state index is 12.2. The highest BCUT2D eigenvalue weighted by atomic mass is 32.1. The molecule has 0 aliphatic rings. The molecule has 0 bridgehead atoms. The molecule has 69 valence electrons. The van der Waals surface area contributed by atoms with Crippen LogP contribution >= 0.6 is 11.3 Å². The molecule has 0 spiro atoms. The summed E-state index contributed by atoms with van der Waals surface area (Å²) in [5.74, 6) is 1.83. The van der Waals surface area contributed by atoms with E-state index >= 15 is 0 Å². The van der Waals surface area contributed by atoms with Gasteiger partial charge in [-0.05, 0) is 0 Å². The predicted octanol–water partition coefficient (Wildman–Crippen LogP) is 2.58. The lowest BCUT2D eigenvalue weighted by atomic mass is 10.3. The minimum Gasteiger partial charge on any atom is -0.479 e. The number of rotatable bonds is 2. The zero-order chi connectivity index (χ0) is 9.90. The lowest BCUT2D eigenvalue weighted by molar-refractivity contribution is -0.138. The molecule has 0 saturated heterocycles. The summed E-state index contributed by atoms with van der Waals surface area (Å²) in [6.07, 6.45) is 0.415. The standard InChI is InChI=1S/C8H4F3OS/c1-2-3-12-7-5-13-4-6(7)8(9,10)11/h1,5H,3H2. The van der Waals surface area contributed by atoms with Gasteiger partial charge >= 0.3 is 6.18 Å². The van der Waals surface area contributed by atoms with Crippen LogP contribution in [0.1, 0.15) is 5.56 Å². The van der Waals surface area contributed by atoms with Gasteiger partial charge in [0.25, 0.3) is 0 Å². The summed E-state index contributed by atoms with van der Waals surface area (Å²) in [5.41, 5.74) is -0.896. The first-order valence-corrected chi connectivity index (χ1v) is 4.06. The molecule has 5 heteroatoms. The molecule has 0 amide bonds. The Kier molecular flexibility index (Phi) is 2.83. The van der Waals surface area contributed by atoms with Crippen molar-refractivity contribution < 1.29 is 17.9 Å². The molecule has 1 rings (SSSR count). The molecule has 1 aromatic heterocycles. The van der Waals surface area contributed by atoms with Crippen molar-refractivity contribution in [3.05, 3.63) is 16.3 Å². The molecule has 1 heterocycles. The number of halogens is 3. The number of alkyl halides is 3. The average molecular weight is 205 g/mol. The molecule has 1 nitrogen and oxygen atoms in total. The van der Waals surface area contributed by atoms with Crippen LogP contribution in [0.5, 0.6) is 5.75 Å². The van der Waals surface area contributed by atoms with Gasteiger partial charge in [0.05, 0.1) is 5.38 Å². The van der Waals surface area contributed by atoms with Gasteiger partial charge in [-0.25, -0.2) is 0 Å². The summed E-state index contributed by atoms with van der Waals surface area (Å²) in [6.45, 7) is -0.173. The zero-order valence-corrected chi connectivity index (χ0v) is 7.13. The topological polar surface area (TPSA) is 9.23 Å². The Labute approximate surface area is 77.1 Å². The summed E-state index contributed by atoms with van der Waals surface area (Å²) in [4.78, 5) is 0. The Balaban J connectivity index is 2.85. The van der Waals surface area contributed by atoms with E-state index in [4.69, 9.17) is 6.42 Å². The van der Waals surface area contributed by atoms with Gasteiger partial charge in [-0.1, -0.05) is 5.92 Å². The van der Waals surface area contributed by atoms with E-state index in [1.807, 2.05) is 0 Å². The first kappa shape index (κ1) is 9.93. The SMILES string of the molecule is C#CCOc1cs[c]c1C(F)(F)F. The summed E-state index contributed by atoms with van der Waals surface area (Å²) in [7, 11) is 0. The number of terminal acetylenes is 1. The highest BCUT2D eigenvalue weighted by Crippen LogP contribution is 2.37. The highest BCUT2D eigenvalue weighted by Gasteiger charge is 2.35. The Morgan fingerprint density at radius 1 is 1.62 bits per heavy atom. The van der Waals surface area contributed by atoms with Crippen molar-refractivity contribution in [2.45, 2.75) is 6.18 Å². The predicted molar refractivity (Wildman–Crippen MR) is 42.5 cm³/mol. The van der Waals surface area contributed by atoms with E-state index in [9.17, 15) is 13.2 Å². The van der Waals surface area contributed by atoms with E-state index in [2.05, 4.69) is 16.0 Å². The third kappa shape index (κ3) is 2.39. The molecule has 0 unspecified atom stereocenters. The van der Waals surface area contributed by atoms with Crippen molar-refractivity contribution in [3.63, 3.8) is 0 Å². The summed E-state index contributed by atoms with van der Waals surface area (Å²) < 4.78 is 41.1. The van der Waals surface area contributed by atoms with Gasteiger partial charge in [0, 0.05) is 5.38 Å².